The Hall–Kier alpha value is -1.62. The number of nitrogens with one attached hydrogen (secondary N) is 1. The highest BCUT2D eigenvalue weighted by Crippen LogP contribution is 2.36. The second kappa shape index (κ2) is 7.42. The van der Waals surface area contributed by atoms with Gasteiger partial charge in [0.05, 0.1) is 17.7 Å². The van der Waals surface area contributed by atoms with Crippen LogP contribution >= 0.6 is 28.3 Å². The zero-order valence-electron chi connectivity index (χ0n) is 13.5. The van der Waals surface area contributed by atoms with Gasteiger partial charge in [0, 0.05) is 16.1 Å². The average molecular weight is 475 g/mol. The number of ketones is 1. The molecule has 1 aromatic carbocycles. The van der Waals surface area contributed by atoms with Gasteiger partial charge in [0.2, 0.25) is 0 Å². The minimum Gasteiger partial charge on any atom is -0.313 e. The van der Waals surface area contributed by atoms with Crippen LogP contribution in [0, 0.1) is 5.41 Å². The number of fused-ring (bicyclic) bond motifs is 1. The quantitative estimate of drug-likeness (QED) is 0.492. The average Bonchev–Trinajstić information content (AvgIpc) is 3.08. The van der Waals surface area contributed by atoms with E-state index in [4.69, 9.17) is 5.41 Å². The first-order valence-electron chi connectivity index (χ1n) is 7.55. The van der Waals surface area contributed by atoms with Crippen LogP contribution in [0.15, 0.2) is 18.2 Å². The van der Waals surface area contributed by atoms with Crippen molar-refractivity contribution in [2.75, 3.05) is 0 Å². The number of rotatable bonds is 3. The Balaban J connectivity index is 0.00000261. The monoisotopic (exact) mass is 474 g/mol. The number of aromatic nitrogens is 1. The van der Waals surface area contributed by atoms with Gasteiger partial charge in [-0.05, 0) is 37.5 Å². The molecule has 1 aliphatic carbocycles. The number of thiazole rings is 1. The van der Waals surface area contributed by atoms with E-state index in [0.717, 1.165) is 23.4 Å². The normalized spacial score (nSPS) is 14.0. The zero-order valence-corrected chi connectivity index (χ0v) is 16.0. The van der Waals surface area contributed by atoms with E-state index in [1.54, 1.807) is 0 Å². The van der Waals surface area contributed by atoms with E-state index in [1.165, 1.54) is 15.9 Å². The molecule has 1 heterocycles. The highest BCUT2D eigenvalue weighted by atomic mass is 79.9. The fraction of sp³-hybridized carbons (Fsp3) is 0.375. The van der Waals surface area contributed by atoms with E-state index in [0.29, 0.717) is 18.6 Å². The topological polar surface area (TPSA) is 45.9 Å². The highest BCUT2D eigenvalue weighted by molar-refractivity contribution is 8.93. The van der Waals surface area contributed by atoms with Gasteiger partial charge in [-0.1, -0.05) is 0 Å². The number of aryl methyl sites for hydroxylation is 1. The molecule has 1 aliphatic rings. The van der Waals surface area contributed by atoms with Crippen LogP contribution < -0.4 is 4.80 Å². The summed E-state index contributed by atoms with van der Waals surface area (Å²) < 4.78 is 78.8. The summed E-state index contributed by atoms with van der Waals surface area (Å²) in [5.41, 5.74) is -2.96. The SMILES string of the molecule is Br.N=c1sc2c(n1CC(=O)c1cc(C(F)(F)F)cc(C(F)(F)F)c1)CCC2. The van der Waals surface area contributed by atoms with E-state index in [9.17, 15) is 31.1 Å². The molecule has 1 aromatic heterocycles. The molecule has 0 fully saturated rings. The van der Waals surface area contributed by atoms with E-state index in [1.807, 2.05) is 0 Å². The molecule has 2 aromatic rings. The predicted molar refractivity (Wildman–Crippen MR) is 91.3 cm³/mol. The third-order valence-corrected chi connectivity index (χ3v) is 5.24. The van der Waals surface area contributed by atoms with Crippen molar-refractivity contribution in [3.8, 4) is 0 Å². The molecule has 0 unspecified atom stereocenters. The van der Waals surface area contributed by atoms with Crippen molar-refractivity contribution in [2.45, 2.75) is 38.2 Å². The van der Waals surface area contributed by atoms with Gasteiger partial charge >= 0.3 is 12.4 Å². The molecule has 0 amide bonds. The fourth-order valence-electron chi connectivity index (χ4n) is 2.91. The van der Waals surface area contributed by atoms with Crippen LogP contribution in [0.25, 0.3) is 0 Å². The van der Waals surface area contributed by atoms with Crippen molar-refractivity contribution < 1.29 is 31.1 Å². The number of nitrogens with zero attached hydrogens (tertiary/aromatic N) is 1. The van der Waals surface area contributed by atoms with Crippen molar-refractivity contribution in [2.24, 2.45) is 0 Å². The number of halogens is 7. The number of carbonyl (C=O) groups is 1. The lowest BCUT2D eigenvalue weighted by molar-refractivity contribution is -0.143. The fourth-order valence-corrected chi connectivity index (χ4v) is 4.00. The highest BCUT2D eigenvalue weighted by Gasteiger charge is 2.37. The van der Waals surface area contributed by atoms with Crippen LogP contribution in [-0.4, -0.2) is 10.4 Å². The number of hydrogen-bond donors (Lipinski definition) is 1. The molecule has 1 N–H and O–H groups in total. The van der Waals surface area contributed by atoms with Crippen LogP contribution in [-0.2, 0) is 31.7 Å². The summed E-state index contributed by atoms with van der Waals surface area (Å²) in [6.45, 7) is -0.455. The van der Waals surface area contributed by atoms with Crippen molar-refractivity contribution in [1.82, 2.24) is 4.57 Å². The zero-order chi connectivity index (χ0) is 19.3. The third kappa shape index (κ3) is 4.45. The first kappa shape index (κ1) is 21.7. The molecule has 148 valence electrons. The third-order valence-electron chi connectivity index (χ3n) is 4.14. The first-order valence-corrected chi connectivity index (χ1v) is 8.37. The maximum absolute atomic E-state index is 12.9. The summed E-state index contributed by atoms with van der Waals surface area (Å²) in [4.78, 5) is 13.4. The minimum absolute atomic E-state index is 0. The van der Waals surface area contributed by atoms with Crippen LogP contribution in [0.1, 0.15) is 38.5 Å². The maximum Gasteiger partial charge on any atom is 0.416 e. The lowest BCUT2D eigenvalue weighted by atomic mass is 10.0. The van der Waals surface area contributed by atoms with Gasteiger partial charge in [0.15, 0.2) is 10.6 Å². The van der Waals surface area contributed by atoms with Gasteiger partial charge in [-0.3, -0.25) is 10.2 Å². The molecule has 3 nitrogen and oxygen atoms in total. The second-order valence-electron chi connectivity index (χ2n) is 5.93. The molecule has 11 heteroatoms. The second-order valence-corrected chi connectivity index (χ2v) is 7.02. The van der Waals surface area contributed by atoms with Crippen molar-refractivity contribution in [3.05, 3.63) is 50.3 Å². The molecule has 0 aliphatic heterocycles. The van der Waals surface area contributed by atoms with Gasteiger partial charge < -0.3 is 4.57 Å². The lowest BCUT2D eigenvalue weighted by Crippen LogP contribution is -2.22. The molecule has 27 heavy (non-hydrogen) atoms. The molecule has 0 radical (unpaired) electrons. The van der Waals surface area contributed by atoms with Gasteiger partial charge in [-0.15, -0.1) is 28.3 Å². The van der Waals surface area contributed by atoms with Gasteiger partial charge in [0.25, 0.3) is 0 Å². The number of alkyl halides is 6. The van der Waals surface area contributed by atoms with E-state index in [2.05, 4.69) is 0 Å². The minimum atomic E-state index is -5.01. The Kier molecular flexibility index (Phi) is 5.96. The van der Waals surface area contributed by atoms with Crippen LogP contribution in [0.2, 0.25) is 0 Å². The number of Topliss-reactive ketones (excluding diaryl/α,β-unsaturated/α-hetero) is 1. The summed E-state index contributed by atoms with van der Waals surface area (Å²) in [5.74, 6) is -0.896. The van der Waals surface area contributed by atoms with Crippen molar-refractivity contribution in [3.63, 3.8) is 0 Å². The number of benzene rings is 1. The van der Waals surface area contributed by atoms with Gasteiger partial charge in [-0.25, -0.2) is 0 Å². The Morgan fingerprint density at radius 2 is 1.59 bits per heavy atom. The van der Waals surface area contributed by atoms with Crippen molar-refractivity contribution >= 4 is 34.1 Å². The first-order chi connectivity index (χ1) is 12.0. The van der Waals surface area contributed by atoms with E-state index in [-0.39, 0.29) is 27.8 Å². The molecule has 0 atom stereocenters. The molecular formula is C16H13BrF6N2OS. The number of carbonyl (C=O) groups excluding carboxylic acids is 1. The Bertz CT molecular complexity index is 896. The molecule has 3 rings (SSSR count). The largest absolute Gasteiger partial charge is 0.416 e. The molecule has 0 bridgehead atoms. The molecular weight excluding hydrogens is 462 g/mol. The van der Waals surface area contributed by atoms with Gasteiger partial charge in [0.1, 0.15) is 0 Å². The Morgan fingerprint density at radius 1 is 1.04 bits per heavy atom. The maximum atomic E-state index is 12.9. The smallest absolute Gasteiger partial charge is 0.313 e. The Morgan fingerprint density at radius 3 is 2.11 bits per heavy atom. The summed E-state index contributed by atoms with van der Waals surface area (Å²) in [6.07, 6.45) is -7.78. The Labute approximate surface area is 163 Å². The van der Waals surface area contributed by atoms with E-state index < -0.39 is 41.4 Å². The van der Waals surface area contributed by atoms with Crippen LogP contribution in [0.5, 0.6) is 0 Å². The summed E-state index contributed by atoms with van der Waals surface area (Å²) >= 11 is 1.17. The molecule has 0 saturated carbocycles. The van der Waals surface area contributed by atoms with Crippen LogP contribution in [0.4, 0.5) is 26.3 Å². The molecule has 0 spiro atoms. The summed E-state index contributed by atoms with van der Waals surface area (Å²) in [6, 6.07) is 0.838. The van der Waals surface area contributed by atoms with Crippen LogP contribution in [0.3, 0.4) is 0 Å². The molecule has 0 saturated heterocycles. The predicted octanol–water partition coefficient (Wildman–Crippen LogP) is 5.02. The lowest BCUT2D eigenvalue weighted by Gasteiger charge is -2.14. The number of hydrogen-bond acceptors (Lipinski definition) is 3. The summed E-state index contributed by atoms with van der Waals surface area (Å²) in [7, 11) is 0. The summed E-state index contributed by atoms with van der Waals surface area (Å²) in [5, 5.41) is 7.88. The standard InChI is InChI=1S/C16H12F6N2OS.BrH/c17-15(18,19)9-4-8(5-10(6-9)16(20,21)22)12(25)7-24-11-2-1-3-13(11)26-14(24)23;/h4-6,23H,1-3,7H2;1H. The van der Waals surface area contributed by atoms with Gasteiger partial charge in [-0.2, -0.15) is 26.3 Å². The van der Waals surface area contributed by atoms with E-state index >= 15 is 0 Å². The van der Waals surface area contributed by atoms with Crippen molar-refractivity contribution in [1.29, 1.82) is 5.41 Å².